The molecular formula is C17H32O4. The van der Waals surface area contributed by atoms with Gasteiger partial charge in [0.05, 0.1) is 6.61 Å². The number of rotatable bonds is 13. The van der Waals surface area contributed by atoms with Crippen molar-refractivity contribution in [1.82, 2.24) is 0 Å². The highest BCUT2D eigenvalue weighted by Crippen LogP contribution is 2.17. The van der Waals surface area contributed by atoms with Gasteiger partial charge < -0.3 is 9.84 Å². The lowest BCUT2D eigenvalue weighted by atomic mass is 9.94. The van der Waals surface area contributed by atoms with Crippen molar-refractivity contribution in [2.24, 2.45) is 5.41 Å². The molecule has 0 unspecified atom stereocenters. The van der Waals surface area contributed by atoms with Gasteiger partial charge in [-0.15, -0.1) is 0 Å². The molecule has 1 N–H and O–H groups in total. The van der Waals surface area contributed by atoms with E-state index in [1.54, 1.807) is 0 Å². The van der Waals surface area contributed by atoms with Crippen molar-refractivity contribution in [3.63, 3.8) is 0 Å². The molecule has 0 spiro atoms. The second kappa shape index (κ2) is 11.6. The fraction of sp³-hybridized carbons (Fsp3) is 0.882. The van der Waals surface area contributed by atoms with Crippen molar-refractivity contribution in [2.45, 2.75) is 85.0 Å². The predicted molar refractivity (Wildman–Crippen MR) is 84.2 cm³/mol. The van der Waals surface area contributed by atoms with Gasteiger partial charge in [-0.2, -0.15) is 0 Å². The van der Waals surface area contributed by atoms with Crippen LogP contribution in [0.5, 0.6) is 0 Å². The molecule has 21 heavy (non-hydrogen) atoms. The van der Waals surface area contributed by atoms with Gasteiger partial charge in [-0.3, -0.25) is 9.59 Å². The van der Waals surface area contributed by atoms with Crippen molar-refractivity contribution in [2.75, 3.05) is 6.61 Å². The van der Waals surface area contributed by atoms with Gasteiger partial charge in [-0.05, 0) is 20.3 Å². The number of carbonyl (C=O) groups excluding carboxylic acids is 1. The molecule has 0 fully saturated rings. The first-order valence-corrected chi connectivity index (χ1v) is 8.33. The summed E-state index contributed by atoms with van der Waals surface area (Å²) in [5.41, 5.74) is -1.45. The second-order valence-electron chi connectivity index (χ2n) is 6.25. The number of ether oxygens (including phenoxy) is 1. The summed E-state index contributed by atoms with van der Waals surface area (Å²) in [6.07, 6.45) is 12.2. The molecule has 0 rings (SSSR count). The minimum absolute atomic E-state index is 0.325. The van der Waals surface area contributed by atoms with Crippen LogP contribution in [-0.2, 0) is 14.3 Å². The molecule has 0 atom stereocenters. The molecule has 0 bridgehead atoms. The second-order valence-corrected chi connectivity index (χ2v) is 6.25. The third-order valence-corrected chi connectivity index (χ3v) is 3.78. The fourth-order valence-corrected chi connectivity index (χ4v) is 2.02. The Morgan fingerprint density at radius 3 is 1.71 bits per heavy atom. The van der Waals surface area contributed by atoms with Gasteiger partial charge in [-0.1, -0.05) is 64.7 Å². The maximum Gasteiger partial charge on any atom is 0.322 e. The van der Waals surface area contributed by atoms with Crippen LogP contribution in [0.15, 0.2) is 0 Å². The SMILES string of the molecule is CCCCCCCCCCCCOC(=O)C(C)(C)C(=O)O. The fourth-order valence-electron chi connectivity index (χ4n) is 2.02. The Bertz CT molecular complexity index is 297. The smallest absolute Gasteiger partial charge is 0.322 e. The van der Waals surface area contributed by atoms with Crippen LogP contribution in [-0.4, -0.2) is 23.7 Å². The summed E-state index contributed by atoms with van der Waals surface area (Å²) in [6, 6.07) is 0. The molecule has 0 amide bonds. The third kappa shape index (κ3) is 9.48. The summed E-state index contributed by atoms with van der Waals surface area (Å²) in [7, 11) is 0. The van der Waals surface area contributed by atoms with Gasteiger partial charge in [0.15, 0.2) is 5.41 Å². The first-order chi connectivity index (χ1) is 9.92. The Hall–Kier alpha value is -1.06. The number of carboxylic acid groups (broad SMARTS) is 1. The number of hydrogen-bond donors (Lipinski definition) is 1. The van der Waals surface area contributed by atoms with E-state index in [2.05, 4.69) is 6.92 Å². The van der Waals surface area contributed by atoms with Crippen molar-refractivity contribution in [1.29, 1.82) is 0 Å². The lowest BCUT2D eigenvalue weighted by molar-refractivity contribution is -0.166. The van der Waals surface area contributed by atoms with E-state index >= 15 is 0 Å². The quantitative estimate of drug-likeness (QED) is 0.307. The molecule has 0 aliphatic carbocycles. The molecule has 4 heteroatoms. The van der Waals surface area contributed by atoms with Gasteiger partial charge in [0.25, 0.3) is 0 Å². The Labute approximate surface area is 129 Å². The van der Waals surface area contributed by atoms with Crippen LogP contribution in [0.2, 0.25) is 0 Å². The molecule has 4 nitrogen and oxygen atoms in total. The van der Waals surface area contributed by atoms with Crippen molar-refractivity contribution in [3.05, 3.63) is 0 Å². The van der Waals surface area contributed by atoms with E-state index in [9.17, 15) is 9.59 Å². The summed E-state index contributed by atoms with van der Waals surface area (Å²) in [5, 5.41) is 8.89. The zero-order chi connectivity index (χ0) is 16.1. The van der Waals surface area contributed by atoms with E-state index < -0.39 is 17.4 Å². The van der Waals surface area contributed by atoms with Crippen molar-refractivity contribution >= 4 is 11.9 Å². The van der Waals surface area contributed by atoms with Crippen LogP contribution >= 0.6 is 0 Å². The van der Waals surface area contributed by atoms with Gasteiger partial charge in [0, 0.05) is 0 Å². The largest absolute Gasteiger partial charge is 0.480 e. The highest BCUT2D eigenvalue weighted by molar-refractivity contribution is 5.98. The molecule has 0 aromatic rings. The first-order valence-electron chi connectivity index (χ1n) is 8.33. The highest BCUT2D eigenvalue weighted by atomic mass is 16.5. The average molecular weight is 300 g/mol. The number of carboxylic acids is 1. The average Bonchev–Trinajstić information content (AvgIpc) is 2.44. The summed E-state index contributed by atoms with van der Waals surface area (Å²) in [5.74, 6) is -1.79. The minimum atomic E-state index is -1.45. The van der Waals surface area contributed by atoms with Crippen LogP contribution in [0.1, 0.15) is 85.0 Å². The number of hydrogen-bond acceptors (Lipinski definition) is 3. The Morgan fingerprint density at radius 2 is 1.29 bits per heavy atom. The molecule has 0 heterocycles. The molecule has 124 valence electrons. The Kier molecular flexibility index (Phi) is 11.0. The van der Waals surface area contributed by atoms with E-state index in [1.165, 1.54) is 58.8 Å². The van der Waals surface area contributed by atoms with Gasteiger partial charge >= 0.3 is 11.9 Å². The van der Waals surface area contributed by atoms with Gasteiger partial charge in [0.1, 0.15) is 0 Å². The Balaban J connectivity index is 3.41. The van der Waals surface area contributed by atoms with Crippen LogP contribution in [0.4, 0.5) is 0 Å². The van der Waals surface area contributed by atoms with Crippen molar-refractivity contribution < 1.29 is 19.4 Å². The highest BCUT2D eigenvalue weighted by Gasteiger charge is 2.37. The summed E-state index contributed by atoms with van der Waals surface area (Å²) in [4.78, 5) is 22.4. The summed E-state index contributed by atoms with van der Waals surface area (Å²) < 4.78 is 5.02. The molecule has 0 aromatic carbocycles. The normalized spacial score (nSPS) is 11.4. The molecule has 0 aliphatic heterocycles. The molecule has 0 radical (unpaired) electrons. The number of aliphatic carboxylic acids is 1. The summed E-state index contributed by atoms with van der Waals surface area (Å²) in [6.45, 7) is 5.29. The monoisotopic (exact) mass is 300 g/mol. The van der Waals surface area contributed by atoms with E-state index in [4.69, 9.17) is 9.84 Å². The third-order valence-electron chi connectivity index (χ3n) is 3.78. The zero-order valence-electron chi connectivity index (χ0n) is 14.0. The van der Waals surface area contributed by atoms with Crippen LogP contribution < -0.4 is 0 Å². The molecule has 0 saturated carbocycles. The van der Waals surface area contributed by atoms with E-state index in [-0.39, 0.29) is 0 Å². The van der Waals surface area contributed by atoms with E-state index in [1.807, 2.05) is 0 Å². The van der Waals surface area contributed by atoms with Crippen LogP contribution in [0.3, 0.4) is 0 Å². The van der Waals surface area contributed by atoms with E-state index in [0.29, 0.717) is 6.61 Å². The van der Waals surface area contributed by atoms with E-state index in [0.717, 1.165) is 19.3 Å². The lowest BCUT2D eigenvalue weighted by Gasteiger charge is -2.17. The summed E-state index contributed by atoms with van der Waals surface area (Å²) >= 11 is 0. The Morgan fingerprint density at radius 1 is 0.857 bits per heavy atom. The molecule has 0 saturated heterocycles. The van der Waals surface area contributed by atoms with Crippen LogP contribution in [0.25, 0.3) is 0 Å². The zero-order valence-corrected chi connectivity index (χ0v) is 14.0. The lowest BCUT2D eigenvalue weighted by Crippen LogP contribution is -2.35. The maximum atomic E-state index is 11.6. The first kappa shape index (κ1) is 19.9. The number of carbonyl (C=O) groups is 2. The minimum Gasteiger partial charge on any atom is -0.480 e. The van der Waals surface area contributed by atoms with Gasteiger partial charge in [0.2, 0.25) is 0 Å². The molecular weight excluding hydrogens is 268 g/mol. The number of unbranched alkanes of at least 4 members (excludes halogenated alkanes) is 9. The number of esters is 1. The molecule has 0 aromatic heterocycles. The maximum absolute atomic E-state index is 11.6. The van der Waals surface area contributed by atoms with Crippen LogP contribution in [0, 0.1) is 5.41 Å². The predicted octanol–water partition coefficient (Wildman–Crippen LogP) is 4.56. The van der Waals surface area contributed by atoms with Crippen molar-refractivity contribution in [3.8, 4) is 0 Å². The topological polar surface area (TPSA) is 63.6 Å². The van der Waals surface area contributed by atoms with Gasteiger partial charge in [-0.25, -0.2) is 0 Å². The standard InChI is InChI=1S/C17H32O4/c1-4-5-6-7-8-9-10-11-12-13-14-21-16(20)17(2,3)15(18)19/h4-14H2,1-3H3,(H,18,19). The molecule has 0 aliphatic rings.